The van der Waals surface area contributed by atoms with Gasteiger partial charge in [0, 0.05) is 38.3 Å². The highest BCUT2D eigenvalue weighted by Crippen LogP contribution is 2.16. The number of nitrogens with one attached hydrogen (secondary N) is 1. The van der Waals surface area contributed by atoms with Gasteiger partial charge in [-0.15, -0.1) is 0 Å². The Morgan fingerprint density at radius 2 is 1.89 bits per heavy atom. The molecule has 1 fully saturated rings. The summed E-state index contributed by atoms with van der Waals surface area (Å²) in [5.41, 5.74) is 1.84. The molecule has 1 aliphatic heterocycles. The minimum absolute atomic E-state index is 0.00592. The number of nitriles is 1. The lowest BCUT2D eigenvalue weighted by Crippen LogP contribution is -2.50. The van der Waals surface area contributed by atoms with E-state index in [1.165, 1.54) is 6.26 Å². The lowest BCUT2D eigenvalue weighted by Gasteiger charge is -2.34. The predicted molar refractivity (Wildman–Crippen MR) is 101 cm³/mol. The van der Waals surface area contributed by atoms with Crippen LogP contribution in [0.2, 0.25) is 0 Å². The average Bonchev–Trinajstić information content (AvgIpc) is 3.22. The fraction of sp³-hybridized carbons (Fsp3) is 0.400. The lowest BCUT2D eigenvalue weighted by molar-refractivity contribution is -0.132. The van der Waals surface area contributed by atoms with Crippen LogP contribution in [0.4, 0.5) is 0 Å². The first-order chi connectivity index (χ1) is 13.4. The smallest absolute Gasteiger partial charge is 0.289 e. The number of pyridine rings is 1. The third kappa shape index (κ3) is 3.83. The second kappa shape index (κ2) is 8.13. The van der Waals surface area contributed by atoms with E-state index in [0.29, 0.717) is 49.6 Å². The fourth-order valence-electron chi connectivity index (χ4n) is 3.53. The molecule has 0 saturated carbocycles. The van der Waals surface area contributed by atoms with Crippen LogP contribution in [0.5, 0.6) is 0 Å². The zero-order valence-corrected chi connectivity index (χ0v) is 15.9. The molecule has 1 aliphatic rings. The molecule has 28 heavy (non-hydrogen) atoms. The number of nitrogens with zero attached hydrogens (tertiary/aromatic N) is 3. The number of furan rings is 1. The van der Waals surface area contributed by atoms with Gasteiger partial charge in [-0.2, -0.15) is 5.26 Å². The molecule has 0 radical (unpaired) electrons. The van der Waals surface area contributed by atoms with Crippen LogP contribution in [-0.2, 0) is 11.2 Å². The highest BCUT2D eigenvalue weighted by atomic mass is 16.3. The summed E-state index contributed by atoms with van der Waals surface area (Å²) < 4.78 is 5.14. The second-order valence-electron chi connectivity index (χ2n) is 6.82. The van der Waals surface area contributed by atoms with E-state index in [0.717, 1.165) is 5.56 Å². The number of aromatic amines is 1. The molecule has 8 nitrogen and oxygen atoms in total. The summed E-state index contributed by atoms with van der Waals surface area (Å²) in [5.74, 6) is 0.131. The van der Waals surface area contributed by atoms with Gasteiger partial charge in [-0.25, -0.2) is 0 Å². The maximum Gasteiger partial charge on any atom is 0.289 e. The first kappa shape index (κ1) is 19.4. The molecule has 8 heteroatoms. The maximum atomic E-state index is 12.6. The Kier molecular flexibility index (Phi) is 5.64. The van der Waals surface area contributed by atoms with Crippen molar-refractivity contribution in [1.29, 1.82) is 5.26 Å². The van der Waals surface area contributed by atoms with E-state index < -0.39 is 5.56 Å². The quantitative estimate of drug-likeness (QED) is 0.859. The van der Waals surface area contributed by atoms with E-state index in [1.54, 1.807) is 35.8 Å². The largest absolute Gasteiger partial charge is 0.459 e. The van der Waals surface area contributed by atoms with E-state index >= 15 is 0 Å². The number of aromatic nitrogens is 1. The highest BCUT2D eigenvalue weighted by Gasteiger charge is 2.26. The molecule has 0 unspecified atom stereocenters. The summed E-state index contributed by atoms with van der Waals surface area (Å²) in [5, 5.41) is 9.15. The third-order valence-electron chi connectivity index (χ3n) is 5.16. The van der Waals surface area contributed by atoms with Crippen molar-refractivity contribution in [3.8, 4) is 6.07 Å². The molecule has 3 heterocycles. The first-order valence-electron chi connectivity index (χ1n) is 9.15. The number of hydrogen-bond donors (Lipinski definition) is 1. The number of carbonyl (C=O) groups is 2. The summed E-state index contributed by atoms with van der Waals surface area (Å²) >= 11 is 0. The minimum atomic E-state index is -0.398. The van der Waals surface area contributed by atoms with Crippen molar-refractivity contribution in [3.05, 3.63) is 56.9 Å². The van der Waals surface area contributed by atoms with Gasteiger partial charge in [-0.05, 0) is 43.5 Å². The molecule has 0 bridgehead atoms. The highest BCUT2D eigenvalue weighted by molar-refractivity contribution is 5.91. The van der Waals surface area contributed by atoms with Crippen LogP contribution < -0.4 is 5.56 Å². The topological polar surface area (TPSA) is 110 Å². The van der Waals surface area contributed by atoms with Crippen LogP contribution in [-0.4, -0.2) is 52.8 Å². The molecule has 2 aromatic heterocycles. The van der Waals surface area contributed by atoms with Crippen LogP contribution in [0.15, 0.2) is 27.6 Å². The van der Waals surface area contributed by atoms with Gasteiger partial charge >= 0.3 is 0 Å². The Labute approximate surface area is 162 Å². The normalized spacial score (nSPS) is 14.0. The zero-order chi connectivity index (χ0) is 20.3. The Balaban J connectivity index is 1.58. The van der Waals surface area contributed by atoms with Crippen LogP contribution >= 0.6 is 0 Å². The van der Waals surface area contributed by atoms with Gasteiger partial charge in [0.2, 0.25) is 5.91 Å². The van der Waals surface area contributed by atoms with Gasteiger partial charge in [0.05, 0.1) is 6.26 Å². The molecule has 2 amide bonds. The van der Waals surface area contributed by atoms with Crippen molar-refractivity contribution in [1.82, 2.24) is 14.8 Å². The Morgan fingerprint density at radius 3 is 2.50 bits per heavy atom. The van der Waals surface area contributed by atoms with E-state index in [4.69, 9.17) is 9.68 Å². The summed E-state index contributed by atoms with van der Waals surface area (Å²) in [4.78, 5) is 42.8. The van der Waals surface area contributed by atoms with E-state index in [-0.39, 0.29) is 23.8 Å². The summed E-state index contributed by atoms with van der Waals surface area (Å²) in [6.07, 6.45) is 2.20. The van der Waals surface area contributed by atoms with Crippen molar-refractivity contribution in [2.24, 2.45) is 0 Å². The molecule has 146 valence electrons. The van der Waals surface area contributed by atoms with Crippen molar-refractivity contribution in [2.45, 2.75) is 26.7 Å². The van der Waals surface area contributed by atoms with Gasteiger partial charge in [-0.3, -0.25) is 14.4 Å². The number of rotatable bonds is 4. The molecule has 0 aliphatic carbocycles. The van der Waals surface area contributed by atoms with Crippen molar-refractivity contribution in [2.75, 3.05) is 26.2 Å². The molecular weight excluding hydrogens is 360 g/mol. The summed E-state index contributed by atoms with van der Waals surface area (Å²) in [6.45, 7) is 5.37. The monoisotopic (exact) mass is 382 g/mol. The number of H-pyrrole nitrogens is 1. The molecular formula is C20H22N4O4. The predicted octanol–water partition coefficient (Wildman–Crippen LogP) is 1.37. The molecule has 1 saturated heterocycles. The number of aryl methyl sites for hydroxylation is 1. The fourth-order valence-corrected chi connectivity index (χ4v) is 3.53. The summed E-state index contributed by atoms with van der Waals surface area (Å²) in [7, 11) is 0. The second-order valence-corrected chi connectivity index (χ2v) is 6.82. The van der Waals surface area contributed by atoms with Crippen LogP contribution in [0, 0.1) is 25.2 Å². The maximum absolute atomic E-state index is 12.6. The van der Waals surface area contributed by atoms with Crippen LogP contribution in [0.1, 0.15) is 39.4 Å². The number of amides is 2. The standard InChI is InChI=1S/C20H22N4O4/c1-13-15(14(2)22-19(26)16(13)12-21)5-6-18(25)23-7-9-24(10-8-23)20(27)17-4-3-11-28-17/h3-4,11H,5-10H2,1-2H3,(H,22,26). The van der Waals surface area contributed by atoms with Gasteiger partial charge < -0.3 is 19.2 Å². The number of hydrogen-bond acceptors (Lipinski definition) is 5. The molecule has 2 aromatic rings. The molecule has 0 spiro atoms. The average molecular weight is 382 g/mol. The Bertz CT molecular complexity index is 977. The van der Waals surface area contributed by atoms with Gasteiger partial charge in [0.25, 0.3) is 11.5 Å². The first-order valence-corrected chi connectivity index (χ1v) is 9.15. The Morgan fingerprint density at radius 1 is 1.21 bits per heavy atom. The van der Waals surface area contributed by atoms with E-state index in [2.05, 4.69) is 4.98 Å². The van der Waals surface area contributed by atoms with Crippen molar-refractivity contribution in [3.63, 3.8) is 0 Å². The van der Waals surface area contributed by atoms with Crippen LogP contribution in [0.3, 0.4) is 0 Å². The van der Waals surface area contributed by atoms with Crippen molar-refractivity contribution < 1.29 is 14.0 Å². The van der Waals surface area contributed by atoms with Crippen LogP contribution in [0.25, 0.3) is 0 Å². The molecule has 0 aromatic carbocycles. The third-order valence-corrected chi connectivity index (χ3v) is 5.16. The van der Waals surface area contributed by atoms with E-state index in [9.17, 15) is 14.4 Å². The molecule has 0 atom stereocenters. The SMILES string of the molecule is Cc1[nH]c(=O)c(C#N)c(C)c1CCC(=O)N1CCN(C(=O)c2ccco2)CC1. The molecule has 3 rings (SSSR count). The van der Waals surface area contributed by atoms with Gasteiger partial charge in [-0.1, -0.05) is 0 Å². The lowest BCUT2D eigenvalue weighted by atomic mass is 9.99. The minimum Gasteiger partial charge on any atom is -0.459 e. The van der Waals surface area contributed by atoms with Crippen molar-refractivity contribution >= 4 is 11.8 Å². The molecule has 1 N–H and O–H groups in total. The van der Waals surface area contributed by atoms with E-state index in [1.807, 2.05) is 6.07 Å². The number of carbonyl (C=O) groups excluding carboxylic acids is 2. The summed E-state index contributed by atoms with van der Waals surface area (Å²) in [6, 6.07) is 5.23. The van der Waals surface area contributed by atoms with Gasteiger partial charge in [0.15, 0.2) is 5.76 Å². The Hall–Kier alpha value is -3.34. The van der Waals surface area contributed by atoms with Gasteiger partial charge in [0.1, 0.15) is 11.6 Å². The zero-order valence-electron chi connectivity index (χ0n) is 15.9. The number of piperazine rings is 1.